The molecule has 0 saturated heterocycles. The lowest BCUT2D eigenvalue weighted by Crippen LogP contribution is -1.92. The summed E-state index contributed by atoms with van der Waals surface area (Å²) in [5.74, 6) is 0. The van der Waals surface area contributed by atoms with E-state index < -0.39 is 11.1 Å². The highest BCUT2D eigenvalue weighted by Gasteiger charge is 1.96. The van der Waals surface area contributed by atoms with Gasteiger partial charge in [0, 0.05) is 4.90 Å². The Labute approximate surface area is 74.7 Å². The van der Waals surface area contributed by atoms with Gasteiger partial charge in [-0.05, 0) is 42.1 Å². The third kappa shape index (κ3) is 2.41. The Kier molecular flexibility index (Phi) is 4.09. The molecule has 0 aliphatic rings. The Bertz CT molecular complexity index is 299. The zero-order chi connectivity index (χ0) is 8.43. The number of hydrogen-bond donors (Lipinski definition) is 1. The van der Waals surface area contributed by atoms with Crippen LogP contribution in [0.4, 0.5) is 0 Å². The third-order valence-electron chi connectivity index (χ3n) is 1.52. The van der Waals surface area contributed by atoms with Crippen molar-refractivity contribution in [2.75, 3.05) is 0 Å². The minimum Gasteiger partial charge on any atom is -0.768 e. The Balaban J connectivity index is 0.00000121. The predicted octanol–water partition coefficient (Wildman–Crippen LogP) is 1.92. The molecule has 0 aromatic heterocycles. The molecule has 4 N–H and O–H groups in total. The van der Waals surface area contributed by atoms with Gasteiger partial charge >= 0.3 is 0 Å². The number of rotatable bonds is 1. The van der Waals surface area contributed by atoms with Gasteiger partial charge in [0.2, 0.25) is 0 Å². The van der Waals surface area contributed by atoms with Gasteiger partial charge in [-0.25, -0.2) is 0 Å². The molecule has 0 radical (unpaired) electrons. The first-order valence-electron chi connectivity index (χ1n) is 3.28. The number of quaternary nitrogens is 1. The van der Waals surface area contributed by atoms with E-state index >= 15 is 0 Å². The molecule has 3 nitrogen and oxygen atoms in total. The largest absolute Gasteiger partial charge is 0.768 e. The van der Waals surface area contributed by atoms with E-state index in [4.69, 9.17) is 0 Å². The highest BCUT2D eigenvalue weighted by atomic mass is 32.2. The molecule has 1 aromatic rings. The van der Waals surface area contributed by atoms with Crippen LogP contribution in [0.5, 0.6) is 0 Å². The van der Waals surface area contributed by atoms with Crippen LogP contribution in [0.25, 0.3) is 0 Å². The van der Waals surface area contributed by atoms with Crippen LogP contribution in [0.2, 0.25) is 0 Å². The van der Waals surface area contributed by atoms with Crippen molar-refractivity contribution in [3.63, 3.8) is 0 Å². The van der Waals surface area contributed by atoms with Crippen molar-refractivity contribution in [3.8, 4) is 0 Å². The van der Waals surface area contributed by atoms with E-state index in [9.17, 15) is 8.76 Å². The van der Waals surface area contributed by atoms with Gasteiger partial charge in [-0.1, -0.05) is 12.1 Å². The van der Waals surface area contributed by atoms with Crippen LogP contribution in [-0.4, -0.2) is 8.76 Å². The maximum Gasteiger partial charge on any atom is 0.0280 e. The van der Waals surface area contributed by atoms with Gasteiger partial charge in [0.15, 0.2) is 0 Å². The SMILES string of the molecule is Cc1ccc(C)c(S(=O)[O-])c1.[NH4+]. The third-order valence-corrected chi connectivity index (χ3v) is 2.32. The summed E-state index contributed by atoms with van der Waals surface area (Å²) < 4.78 is 21.1. The van der Waals surface area contributed by atoms with Crippen LogP contribution in [0.1, 0.15) is 11.1 Å². The average molecular weight is 187 g/mol. The number of hydrogen-bond acceptors (Lipinski definition) is 2. The Morgan fingerprint density at radius 1 is 1.33 bits per heavy atom. The van der Waals surface area contributed by atoms with E-state index in [0.717, 1.165) is 11.1 Å². The molecule has 0 fully saturated rings. The molecule has 1 atom stereocenters. The number of benzene rings is 1. The van der Waals surface area contributed by atoms with Crippen molar-refractivity contribution < 1.29 is 8.76 Å². The summed E-state index contributed by atoms with van der Waals surface area (Å²) in [5, 5.41) is 0. The minimum absolute atomic E-state index is 0. The van der Waals surface area contributed by atoms with Gasteiger partial charge in [-0.15, -0.1) is 0 Å². The van der Waals surface area contributed by atoms with Gasteiger partial charge in [-0.3, -0.25) is 4.21 Å². The first-order chi connectivity index (χ1) is 5.11. The van der Waals surface area contributed by atoms with Gasteiger partial charge in [0.1, 0.15) is 0 Å². The summed E-state index contributed by atoms with van der Waals surface area (Å²) in [7, 11) is 0. The summed E-state index contributed by atoms with van der Waals surface area (Å²) in [6, 6.07) is 5.37. The van der Waals surface area contributed by atoms with Crippen LogP contribution in [0, 0.1) is 13.8 Å². The van der Waals surface area contributed by atoms with Crippen LogP contribution < -0.4 is 6.15 Å². The van der Waals surface area contributed by atoms with Crippen LogP contribution in [0.3, 0.4) is 0 Å². The van der Waals surface area contributed by atoms with Crippen LogP contribution >= 0.6 is 0 Å². The van der Waals surface area contributed by atoms with E-state index in [0.29, 0.717) is 4.90 Å². The fourth-order valence-electron chi connectivity index (χ4n) is 0.887. The van der Waals surface area contributed by atoms with Crippen LogP contribution in [-0.2, 0) is 11.1 Å². The molecule has 1 unspecified atom stereocenters. The first-order valence-corrected chi connectivity index (χ1v) is 4.35. The van der Waals surface area contributed by atoms with E-state index in [1.807, 2.05) is 13.0 Å². The summed E-state index contributed by atoms with van der Waals surface area (Å²) in [6.45, 7) is 3.65. The lowest BCUT2D eigenvalue weighted by molar-refractivity contribution is 0.536. The number of aryl methyl sites for hydroxylation is 2. The van der Waals surface area contributed by atoms with Crippen molar-refractivity contribution in [1.82, 2.24) is 6.15 Å². The van der Waals surface area contributed by atoms with Gasteiger partial charge in [-0.2, -0.15) is 0 Å². The van der Waals surface area contributed by atoms with Crippen LogP contribution in [0.15, 0.2) is 23.1 Å². The minimum atomic E-state index is -2.10. The summed E-state index contributed by atoms with van der Waals surface area (Å²) in [5.41, 5.74) is 1.76. The molecule has 0 heterocycles. The zero-order valence-electron chi connectivity index (χ0n) is 7.46. The Morgan fingerprint density at radius 2 is 1.92 bits per heavy atom. The average Bonchev–Trinajstić information content (AvgIpc) is 1.94. The molecular formula is C8H13NO2S. The molecule has 0 saturated carbocycles. The Morgan fingerprint density at radius 3 is 2.33 bits per heavy atom. The van der Waals surface area contributed by atoms with Gasteiger partial charge < -0.3 is 10.7 Å². The standard InChI is InChI=1S/C8H10O2S.H3N/c1-6-3-4-7(2)8(5-6)11(9)10;/h3-5H,1-2H3,(H,9,10);1H3. The molecule has 12 heavy (non-hydrogen) atoms. The Hall–Kier alpha value is -0.710. The molecule has 68 valence electrons. The topological polar surface area (TPSA) is 76.6 Å². The lowest BCUT2D eigenvalue weighted by atomic mass is 10.2. The second-order valence-electron chi connectivity index (χ2n) is 2.50. The lowest BCUT2D eigenvalue weighted by Gasteiger charge is -2.08. The van der Waals surface area contributed by atoms with Gasteiger partial charge in [0.05, 0.1) is 0 Å². The van der Waals surface area contributed by atoms with Gasteiger partial charge in [0.25, 0.3) is 0 Å². The van der Waals surface area contributed by atoms with Crippen molar-refractivity contribution in [1.29, 1.82) is 0 Å². The van der Waals surface area contributed by atoms with Crippen molar-refractivity contribution in [3.05, 3.63) is 29.3 Å². The van der Waals surface area contributed by atoms with E-state index in [1.165, 1.54) is 0 Å². The summed E-state index contributed by atoms with van der Waals surface area (Å²) in [6.07, 6.45) is 0. The van der Waals surface area contributed by atoms with Crippen molar-refractivity contribution in [2.45, 2.75) is 18.7 Å². The highest BCUT2D eigenvalue weighted by Crippen LogP contribution is 2.12. The quantitative estimate of drug-likeness (QED) is 0.682. The second-order valence-corrected chi connectivity index (χ2v) is 3.41. The maximum absolute atomic E-state index is 10.6. The molecule has 0 spiro atoms. The molecule has 0 bridgehead atoms. The molecule has 0 aliphatic heterocycles. The molecule has 0 amide bonds. The smallest absolute Gasteiger partial charge is 0.0280 e. The van der Waals surface area contributed by atoms with E-state index in [2.05, 4.69) is 0 Å². The predicted molar refractivity (Wildman–Crippen MR) is 49.1 cm³/mol. The fourth-order valence-corrected chi connectivity index (χ4v) is 1.50. The molecule has 4 heteroatoms. The molecule has 0 aliphatic carbocycles. The molecule has 1 aromatic carbocycles. The van der Waals surface area contributed by atoms with E-state index in [-0.39, 0.29) is 6.15 Å². The van der Waals surface area contributed by atoms with Crippen molar-refractivity contribution >= 4 is 11.1 Å². The fraction of sp³-hybridized carbons (Fsp3) is 0.250. The first kappa shape index (κ1) is 11.3. The molecule has 1 rings (SSSR count). The molecular weight excluding hydrogens is 174 g/mol. The monoisotopic (exact) mass is 187 g/mol. The zero-order valence-corrected chi connectivity index (χ0v) is 8.27. The summed E-state index contributed by atoms with van der Waals surface area (Å²) >= 11 is -2.10. The highest BCUT2D eigenvalue weighted by molar-refractivity contribution is 7.79. The summed E-state index contributed by atoms with van der Waals surface area (Å²) in [4.78, 5) is 0.394. The maximum atomic E-state index is 10.6. The second kappa shape index (κ2) is 4.35. The van der Waals surface area contributed by atoms with E-state index in [1.54, 1.807) is 19.1 Å². The van der Waals surface area contributed by atoms with Crippen molar-refractivity contribution in [2.24, 2.45) is 0 Å². The normalized spacial score (nSPS) is 11.9.